The molecule has 0 saturated heterocycles. The Kier molecular flexibility index (Phi) is 3.09. The maximum Gasteiger partial charge on any atom is 0.292 e. The van der Waals surface area contributed by atoms with E-state index in [4.69, 9.17) is 10.2 Å². The van der Waals surface area contributed by atoms with Crippen LogP contribution >= 0.6 is 0 Å². The predicted molar refractivity (Wildman–Crippen MR) is 65.3 cm³/mol. The van der Waals surface area contributed by atoms with Crippen LogP contribution in [0.3, 0.4) is 0 Å². The second-order valence-corrected chi connectivity index (χ2v) is 3.66. The minimum absolute atomic E-state index is 0.0304. The van der Waals surface area contributed by atoms with E-state index < -0.39 is 5.91 Å². The van der Waals surface area contributed by atoms with Crippen LogP contribution in [0.4, 0.5) is 11.7 Å². The minimum Gasteiger partial charge on any atom is -0.431 e. The molecule has 0 saturated carbocycles. The summed E-state index contributed by atoms with van der Waals surface area (Å²) >= 11 is 0. The zero-order chi connectivity index (χ0) is 13.1. The van der Waals surface area contributed by atoms with E-state index >= 15 is 0 Å². The highest BCUT2D eigenvalue weighted by Crippen LogP contribution is 2.12. The molecule has 0 aliphatic rings. The summed E-state index contributed by atoms with van der Waals surface area (Å²) in [6, 6.07) is 6.48. The Labute approximate surface area is 103 Å². The Hall–Kier alpha value is -2.63. The minimum atomic E-state index is -0.425. The summed E-state index contributed by atoms with van der Waals surface area (Å²) in [6.07, 6.45) is 1.18. The van der Waals surface area contributed by atoms with E-state index in [9.17, 15) is 9.59 Å². The van der Waals surface area contributed by atoms with Crippen LogP contribution < -0.4 is 11.1 Å². The molecule has 18 heavy (non-hydrogen) atoms. The quantitative estimate of drug-likeness (QED) is 0.802. The number of benzene rings is 1. The number of nitrogens with one attached hydrogen (secondary N) is 1. The van der Waals surface area contributed by atoms with E-state index in [-0.39, 0.29) is 17.5 Å². The molecule has 6 nitrogen and oxygen atoms in total. The number of rotatable bonds is 3. The van der Waals surface area contributed by atoms with Crippen LogP contribution in [-0.2, 0) is 0 Å². The third-order valence-electron chi connectivity index (χ3n) is 2.30. The van der Waals surface area contributed by atoms with E-state index in [1.54, 1.807) is 24.3 Å². The van der Waals surface area contributed by atoms with Crippen LogP contribution in [-0.4, -0.2) is 16.7 Å². The Morgan fingerprint density at radius 2 is 1.94 bits per heavy atom. The Balaban J connectivity index is 2.10. The summed E-state index contributed by atoms with van der Waals surface area (Å²) in [4.78, 5) is 26.5. The molecule has 2 rings (SSSR count). The number of anilines is 2. The standard InChI is InChI=1S/C12H11N3O3/c1-7(16)8-2-4-9(5-3-8)14-11(17)10-6-18-12(13)15-10/h2-6H,1H3,(H2,13,15)(H,14,17). The molecular weight excluding hydrogens is 234 g/mol. The third kappa shape index (κ3) is 2.54. The molecule has 0 atom stereocenters. The van der Waals surface area contributed by atoms with Crippen LogP contribution in [0.5, 0.6) is 0 Å². The van der Waals surface area contributed by atoms with E-state index in [2.05, 4.69) is 10.3 Å². The maximum absolute atomic E-state index is 11.7. The molecule has 6 heteroatoms. The molecule has 1 aromatic carbocycles. The van der Waals surface area contributed by atoms with Gasteiger partial charge >= 0.3 is 0 Å². The number of nitrogen functional groups attached to an aromatic ring is 1. The number of nitrogens with two attached hydrogens (primary N) is 1. The monoisotopic (exact) mass is 245 g/mol. The molecule has 1 heterocycles. The number of carbonyl (C=O) groups is 2. The number of aromatic nitrogens is 1. The summed E-state index contributed by atoms with van der Waals surface area (Å²) in [5.41, 5.74) is 6.51. The fraction of sp³-hybridized carbons (Fsp3) is 0.0833. The number of ketones is 1. The lowest BCUT2D eigenvalue weighted by atomic mass is 10.1. The first kappa shape index (κ1) is 11.8. The number of hydrogen-bond acceptors (Lipinski definition) is 5. The van der Waals surface area contributed by atoms with Crippen molar-refractivity contribution in [2.45, 2.75) is 6.92 Å². The lowest BCUT2D eigenvalue weighted by Gasteiger charge is -2.03. The summed E-state index contributed by atoms with van der Waals surface area (Å²) < 4.78 is 4.74. The van der Waals surface area contributed by atoms with Gasteiger partial charge in [-0.2, -0.15) is 4.98 Å². The first-order chi connectivity index (χ1) is 8.56. The average molecular weight is 245 g/mol. The molecule has 0 radical (unpaired) electrons. The first-order valence-electron chi connectivity index (χ1n) is 5.19. The predicted octanol–water partition coefficient (Wildman–Crippen LogP) is 1.71. The maximum atomic E-state index is 11.7. The van der Waals surface area contributed by atoms with Crippen LogP contribution in [0.1, 0.15) is 27.8 Å². The number of hydrogen-bond donors (Lipinski definition) is 2. The van der Waals surface area contributed by atoms with Gasteiger partial charge in [0.25, 0.3) is 11.9 Å². The highest BCUT2D eigenvalue weighted by atomic mass is 16.4. The zero-order valence-corrected chi connectivity index (χ0v) is 9.64. The van der Waals surface area contributed by atoms with Crippen LogP contribution in [0.15, 0.2) is 34.9 Å². The lowest BCUT2D eigenvalue weighted by Crippen LogP contribution is -2.12. The van der Waals surface area contributed by atoms with E-state index in [0.717, 1.165) is 0 Å². The number of Topliss-reactive ketones (excluding diaryl/α,β-unsaturated/α-hetero) is 1. The fourth-order valence-corrected chi connectivity index (χ4v) is 1.38. The van der Waals surface area contributed by atoms with Gasteiger partial charge in [-0.3, -0.25) is 9.59 Å². The second-order valence-electron chi connectivity index (χ2n) is 3.66. The molecule has 1 amide bonds. The highest BCUT2D eigenvalue weighted by Gasteiger charge is 2.11. The van der Waals surface area contributed by atoms with Gasteiger partial charge in [0.2, 0.25) is 0 Å². The van der Waals surface area contributed by atoms with E-state index in [0.29, 0.717) is 11.3 Å². The molecule has 0 unspecified atom stereocenters. The molecule has 92 valence electrons. The van der Waals surface area contributed by atoms with Gasteiger partial charge in [-0.05, 0) is 31.2 Å². The topological polar surface area (TPSA) is 98.2 Å². The summed E-state index contributed by atoms with van der Waals surface area (Å²) in [5, 5.41) is 2.61. The van der Waals surface area contributed by atoms with Crippen molar-refractivity contribution in [1.82, 2.24) is 4.98 Å². The van der Waals surface area contributed by atoms with Gasteiger partial charge in [-0.15, -0.1) is 0 Å². The Morgan fingerprint density at radius 3 is 2.44 bits per heavy atom. The summed E-state index contributed by atoms with van der Waals surface area (Å²) in [6.45, 7) is 1.48. The molecule has 0 fully saturated rings. The van der Waals surface area contributed by atoms with Crippen molar-refractivity contribution < 1.29 is 14.0 Å². The summed E-state index contributed by atoms with van der Waals surface area (Å²) in [7, 11) is 0. The van der Waals surface area contributed by atoms with E-state index in [1.165, 1.54) is 13.2 Å². The van der Waals surface area contributed by atoms with Gasteiger partial charge in [-0.25, -0.2) is 0 Å². The Bertz CT molecular complexity index is 587. The van der Waals surface area contributed by atoms with Gasteiger partial charge in [0.15, 0.2) is 11.5 Å². The smallest absolute Gasteiger partial charge is 0.292 e. The first-order valence-corrected chi connectivity index (χ1v) is 5.19. The van der Waals surface area contributed by atoms with Crippen LogP contribution in [0, 0.1) is 0 Å². The van der Waals surface area contributed by atoms with E-state index in [1.807, 2.05) is 0 Å². The highest BCUT2D eigenvalue weighted by molar-refractivity contribution is 6.03. The van der Waals surface area contributed by atoms with Crippen molar-refractivity contribution in [1.29, 1.82) is 0 Å². The molecule has 0 bridgehead atoms. The van der Waals surface area contributed by atoms with Crippen molar-refractivity contribution in [2.75, 3.05) is 11.1 Å². The molecule has 0 spiro atoms. The second kappa shape index (κ2) is 4.70. The largest absolute Gasteiger partial charge is 0.431 e. The van der Waals surface area contributed by atoms with Gasteiger partial charge in [0, 0.05) is 11.3 Å². The van der Waals surface area contributed by atoms with Gasteiger partial charge in [0.1, 0.15) is 6.26 Å². The molecule has 2 aromatic rings. The van der Waals surface area contributed by atoms with Crippen molar-refractivity contribution in [2.24, 2.45) is 0 Å². The van der Waals surface area contributed by atoms with Crippen LogP contribution in [0.2, 0.25) is 0 Å². The Morgan fingerprint density at radius 1 is 1.28 bits per heavy atom. The SMILES string of the molecule is CC(=O)c1ccc(NC(=O)c2coc(N)n2)cc1. The fourth-order valence-electron chi connectivity index (χ4n) is 1.38. The van der Waals surface area contributed by atoms with Crippen molar-refractivity contribution in [3.05, 3.63) is 41.8 Å². The normalized spacial score (nSPS) is 10.1. The van der Waals surface area contributed by atoms with Gasteiger partial charge in [-0.1, -0.05) is 0 Å². The van der Waals surface area contributed by atoms with Crippen molar-refractivity contribution in [3.8, 4) is 0 Å². The average Bonchev–Trinajstić information content (AvgIpc) is 2.76. The molecule has 0 aliphatic carbocycles. The van der Waals surface area contributed by atoms with Gasteiger partial charge in [0.05, 0.1) is 0 Å². The molecule has 0 aliphatic heterocycles. The van der Waals surface area contributed by atoms with Crippen molar-refractivity contribution >= 4 is 23.4 Å². The number of amides is 1. The van der Waals surface area contributed by atoms with Crippen molar-refractivity contribution in [3.63, 3.8) is 0 Å². The number of carbonyl (C=O) groups excluding carboxylic acids is 2. The molecular formula is C12H11N3O3. The zero-order valence-electron chi connectivity index (χ0n) is 9.64. The van der Waals surface area contributed by atoms with Crippen LogP contribution in [0.25, 0.3) is 0 Å². The molecule has 3 N–H and O–H groups in total. The third-order valence-corrected chi connectivity index (χ3v) is 2.30. The lowest BCUT2D eigenvalue weighted by molar-refractivity contribution is 0.101. The number of oxazole rings is 1. The molecule has 1 aromatic heterocycles. The van der Waals surface area contributed by atoms with Gasteiger partial charge < -0.3 is 15.5 Å². The summed E-state index contributed by atoms with van der Waals surface area (Å²) in [5.74, 6) is -0.455. The number of nitrogens with zero attached hydrogens (tertiary/aromatic N) is 1.